The van der Waals surface area contributed by atoms with Crippen molar-refractivity contribution in [1.29, 1.82) is 0 Å². The second-order valence-corrected chi connectivity index (χ2v) is 5.61. The molecule has 1 aromatic rings. The van der Waals surface area contributed by atoms with Crippen LogP contribution in [0.3, 0.4) is 0 Å². The Hall–Kier alpha value is -1.80. The molecule has 8 heteroatoms. The minimum atomic E-state index is -4.70. The molecule has 0 aliphatic carbocycles. The number of amides is 1. The van der Waals surface area contributed by atoms with E-state index in [0.29, 0.717) is 24.4 Å². The number of para-hydroxylation sites is 2. The lowest BCUT2D eigenvalue weighted by molar-refractivity contribution is -0.209. The zero-order valence-corrected chi connectivity index (χ0v) is 13.6. The highest BCUT2D eigenvalue weighted by Crippen LogP contribution is 2.32. The number of anilines is 1. The molecule has 1 fully saturated rings. The molecule has 134 valence electrons. The predicted octanol–water partition coefficient (Wildman–Crippen LogP) is 2.05. The molecule has 1 heterocycles. The molecular formula is C16H21F3N2O3. The maximum absolute atomic E-state index is 12.7. The zero-order chi connectivity index (χ0) is 17.9. The van der Waals surface area contributed by atoms with Crippen molar-refractivity contribution in [2.45, 2.75) is 31.7 Å². The number of nitrogens with zero attached hydrogens (tertiary/aromatic N) is 2. The first-order valence-corrected chi connectivity index (χ1v) is 7.72. The van der Waals surface area contributed by atoms with E-state index in [9.17, 15) is 23.1 Å². The van der Waals surface area contributed by atoms with Gasteiger partial charge in [0, 0.05) is 13.1 Å². The van der Waals surface area contributed by atoms with Crippen LogP contribution in [0, 0.1) is 0 Å². The first-order valence-electron chi connectivity index (χ1n) is 7.72. The number of carbonyl (C=O) groups is 1. The summed E-state index contributed by atoms with van der Waals surface area (Å²) in [7, 11) is 1.49. The molecule has 1 N–H and O–H groups in total. The Labute approximate surface area is 138 Å². The summed E-state index contributed by atoms with van der Waals surface area (Å²) in [4.78, 5) is 15.6. The number of benzene rings is 1. The Morgan fingerprint density at radius 3 is 2.67 bits per heavy atom. The average Bonchev–Trinajstić information content (AvgIpc) is 2.92. The first-order chi connectivity index (χ1) is 11.3. The molecule has 2 atom stereocenters. The lowest BCUT2D eigenvalue weighted by atomic mass is 10.2. The Morgan fingerprint density at radius 2 is 2.08 bits per heavy atom. The lowest BCUT2D eigenvalue weighted by Crippen LogP contribution is -2.48. The average molecular weight is 346 g/mol. The van der Waals surface area contributed by atoms with Gasteiger partial charge in [-0.1, -0.05) is 19.1 Å². The fraction of sp³-hybridized carbons (Fsp3) is 0.562. The second-order valence-electron chi connectivity index (χ2n) is 5.61. The van der Waals surface area contributed by atoms with E-state index in [2.05, 4.69) is 0 Å². The van der Waals surface area contributed by atoms with Gasteiger partial charge in [-0.3, -0.25) is 9.69 Å². The summed E-state index contributed by atoms with van der Waals surface area (Å²) < 4.78 is 43.0. The second kappa shape index (κ2) is 7.40. The van der Waals surface area contributed by atoms with E-state index in [1.54, 1.807) is 31.2 Å². The third-order valence-electron chi connectivity index (χ3n) is 4.19. The zero-order valence-electron chi connectivity index (χ0n) is 13.6. The van der Waals surface area contributed by atoms with E-state index < -0.39 is 24.9 Å². The van der Waals surface area contributed by atoms with E-state index in [0.717, 1.165) is 0 Å². The molecule has 0 unspecified atom stereocenters. The van der Waals surface area contributed by atoms with Crippen LogP contribution >= 0.6 is 0 Å². The molecule has 24 heavy (non-hydrogen) atoms. The van der Waals surface area contributed by atoms with E-state index in [1.165, 1.54) is 16.9 Å². The van der Waals surface area contributed by atoms with Gasteiger partial charge in [0.2, 0.25) is 5.91 Å². The molecule has 0 saturated carbocycles. The van der Waals surface area contributed by atoms with E-state index in [1.807, 2.05) is 0 Å². The number of halogens is 3. The van der Waals surface area contributed by atoms with Gasteiger partial charge in [-0.2, -0.15) is 13.2 Å². The molecule has 1 amide bonds. The Kier molecular flexibility index (Phi) is 5.71. The van der Waals surface area contributed by atoms with Gasteiger partial charge in [-0.15, -0.1) is 0 Å². The molecule has 1 saturated heterocycles. The molecule has 1 aliphatic rings. The molecular weight excluding hydrogens is 325 g/mol. The normalized spacial score (nSPS) is 19.9. The SMILES string of the molecule is CCN(C[C@@H](O)C(F)(F)F)[C@H]1CCN(c2ccccc2OC)C1=O. The molecule has 0 spiro atoms. The predicted molar refractivity (Wildman–Crippen MR) is 83.1 cm³/mol. The van der Waals surface area contributed by atoms with Gasteiger partial charge in [-0.25, -0.2) is 0 Å². The van der Waals surface area contributed by atoms with Crippen molar-refractivity contribution in [3.8, 4) is 5.75 Å². The number of alkyl halides is 3. The molecule has 1 aliphatic heterocycles. The molecule has 0 bridgehead atoms. The number of aliphatic hydroxyl groups is 1. The van der Waals surface area contributed by atoms with Crippen molar-refractivity contribution in [2.75, 3.05) is 31.6 Å². The highest BCUT2D eigenvalue weighted by Gasteiger charge is 2.43. The van der Waals surface area contributed by atoms with Crippen LogP contribution in [0.15, 0.2) is 24.3 Å². The van der Waals surface area contributed by atoms with Gasteiger partial charge in [-0.05, 0) is 25.1 Å². The van der Waals surface area contributed by atoms with Crippen molar-refractivity contribution in [1.82, 2.24) is 4.90 Å². The highest BCUT2D eigenvalue weighted by molar-refractivity contribution is 6.00. The summed E-state index contributed by atoms with van der Waals surface area (Å²) in [6.45, 7) is 1.68. The maximum Gasteiger partial charge on any atom is 0.415 e. The Morgan fingerprint density at radius 1 is 1.42 bits per heavy atom. The minimum absolute atomic E-state index is 0.239. The summed E-state index contributed by atoms with van der Waals surface area (Å²) >= 11 is 0. The third-order valence-corrected chi connectivity index (χ3v) is 4.19. The highest BCUT2D eigenvalue weighted by atomic mass is 19.4. The maximum atomic E-state index is 12.7. The number of hydrogen-bond acceptors (Lipinski definition) is 4. The fourth-order valence-corrected chi connectivity index (χ4v) is 2.90. The van der Waals surface area contributed by atoms with Crippen molar-refractivity contribution in [2.24, 2.45) is 0 Å². The summed E-state index contributed by atoms with van der Waals surface area (Å²) in [6.07, 6.45) is -6.77. The first kappa shape index (κ1) is 18.5. The van der Waals surface area contributed by atoms with Crippen LogP contribution in [0.2, 0.25) is 0 Å². The summed E-state index contributed by atoms with van der Waals surface area (Å²) in [5.74, 6) is 0.251. The van der Waals surface area contributed by atoms with Gasteiger partial charge in [0.1, 0.15) is 5.75 Å². The lowest BCUT2D eigenvalue weighted by Gasteiger charge is -2.29. The summed E-state index contributed by atoms with van der Waals surface area (Å²) in [5, 5.41) is 9.29. The van der Waals surface area contributed by atoms with E-state index in [-0.39, 0.29) is 12.5 Å². The van der Waals surface area contributed by atoms with E-state index >= 15 is 0 Å². The summed E-state index contributed by atoms with van der Waals surface area (Å²) in [5.41, 5.74) is 0.597. The number of carbonyl (C=O) groups excluding carboxylic acids is 1. The molecule has 0 radical (unpaired) electrons. The number of ether oxygens (including phenoxy) is 1. The number of rotatable bonds is 6. The summed E-state index contributed by atoms with van der Waals surface area (Å²) in [6, 6.07) is 6.32. The topological polar surface area (TPSA) is 53.0 Å². The van der Waals surface area contributed by atoms with Gasteiger partial charge >= 0.3 is 6.18 Å². The van der Waals surface area contributed by atoms with Crippen LogP contribution in [0.4, 0.5) is 18.9 Å². The fourth-order valence-electron chi connectivity index (χ4n) is 2.90. The number of likely N-dealkylation sites (N-methyl/N-ethyl adjacent to an activating group) is 1. The molecule has 1 aromatic carbocycles. The molecule has 5 nitrogen and oxygen atoms in total. The third kappa shape index (κ3) is 3.81. The van der Waals surface area contributed by atoms with Crippen molar-refractivity contribution >= 4 is 11.6 Å². The van der Waals surface area contributed by atoms with Gasteiger partial charge in [0.15, 0.2) is 6.10 Å². The van der Waals surface area contributed by atoms with Crippen LogP contribution in [-0.4, -0.2) is 61.0 Å². The monoisotopic (exact) mass is 346 g/mol. The van der Waals surface area contributed by atoms with Crippen molar-refractivity contribution in [3.05, 3.63) is 24.3 Å². The molecule has 2 rings (SSSR count). The number of methoxy groups -OCH3 is 1. The van der Waals surface area contributed by atoms with Crippen LogP contribution < -0.4 is 9.64 Å². The largest absolute Gasteiger partial charge is 0.495 e. The number of aliphatic hydroxyl groups excluding tert-OH is 1. The standard InChI is InChI=1S/C16H21F3N2O3/c1-3-20(10-14(22)16(17,18)19)12-8-9-21(15(12)23)11-6-4-5-7-13(11)24-2/h4-7,12,14,22H,3,8-10H2,1-2H3/t12-,14+/m0/s1. The van der Waals surface area contributed by atoms with Crippen LogP contribution in [0.1, 0.15) is 13.3 Å². The van der Waals surface area contributed by atoms with Crippen LogP contribution in [-0.2, 0) is 4.79 Å². The number of hydrogen-bond donors (Lipinski definition) is 1. The van der Waals surface area contributed by atoms with Crippen LogP contribution in [0.25, 0.3) is 0 Å². The van der Waals surface area contributed by atoms with Crippen molar-refractivity contribution in [3.63, 3.8) is 0 Å². The van der Waals surface area contributed by atoms with Gasteiger partial charge in [0.25, 0.3) is 0 Å². The van der Waals surface area contributed by atoms with E-state index in [4.69, 9.17) is 4.74 Å². The van der Waals surface area contributed by atoms with Crippen LogP contribution in [0.5, 0.6) is 5.75 Å². The smallest absolute Gasteiger partial charge is 0.415 e. The van der Waals surface area contributed by atoms with Gasteiger partial charge < -0.3 is 14.7 Å². The Bertz CT molecular complexity index is 580. The quantitative estimate of drug-likeness (QED) is 0.857. The van der Waals surface area contributed by atoms with Gasteiger partial charge in [0.05, 0.1) is 18.8 Å². The molecule has 0 aromatic heterocycles. The van der Waals surface area contributed by atoms with Crippen molar-refractivity contribution < 1.29 is 27.8 Å². The Balaban J connectivity index is 2.15. The minimum Gasteiger partial charge on any atom is -0.495 e.